The number of carbonyl (C=O) groups excluding carboxylic acids is 2. The van der Waals surface area contributed by atoms with E-state index in [1.165, 1.54) is 5.56 Å². The molecule has 222 valence electrons. The molecule has 3 heterocycles. The second-order valence-electron chi connectivity index (χ2n) is 11.7. The van der Waals surface area contributed by atoms with Crippen LogP contribution in [0.25, 0.3) is 5.69 Å². The molecule has 1 aromatic heterocycles. The molecular weight excluding hydrogens is 549 g/mol. The van der Waals surface area contributed by atoms with Gasteiger partial charge in [0.25, 0.3) is 0 Å². The van der Waals surface area contributed by atoms with Gasteiger partial charge in [0, 0.05) is 43.9 Å². The van der Waals surface area contributed by atoms with Gasteiger partial charge >= 0.3 is 0 Å². The first-order valence-corrected chi connectivity index (χ1v) is 14.5. The van der Waals surface area contributed by atoms with Crippen molar-refractivity contribution in [2.24, 2.45) is 0 Å². The molecule has 1 saturated carbocycles. The van der Waals surface area contributed by atoms with E-state index in [0.717, 1.165) is 63.1 Å². The van der Waals surface area contributed by atoms with Gasteiger partial charge in [0.1, 0.15) is 11.6 Å². The number of halogens is 2. The maximum Gasteiger partial charge on any atom is 0.246 e. The summed E-state index contributed by atoms with van der Waals surface area (Å²) in [6.07, 6.45) is 9.86. The van der Waals surface area contributed by atoms with E-state index in [1.807, 2.05) is 34.0 Å². The minimum Gasteiger partial charge on any atom is -0.390 e. The Morgan fingerprint density at radius 1 is 1.02 bits per heavy atom. The van der Waals surface area contributed by atoms with E-state index in [-0.39, 0.29) is 36.6 Å². The minimum atomic E-state index is -0.849. The number of unbranched alkanes of at least 4 members (excludes halogenated alkanes) is 1. The third kappa shape index (κ3) is 6.51. The highest BCUT2D eigenvalue weighted by atomic mass is 35.5. The second kappa shape index (κ2) is 13.7. The number of nitrogens with one attached hydrogen (secondary N) is 1. The lowest BCUT2D eigenvalue weighted by Gasteiger charge is -2.52. The molecule has 2 amide bonds. The zero-order valence-corrected chi connectivity index (χ0v) is 25.4. The van der Waals surface area contributed by atoms with Gasteiger partial charge in [-0.15, -0.1) is 24.8 Å². The normalized spacial score (nSPS) is 22.4. The minimum absolute atomic E-state index is 0. The van der Waals surface area contributed by atoms with E-state index in [9.17, 15) is 14.7 Å². The second-order valence-corrected chi connectivity index (χ2v) is 11.7. The summed E-state index contributed by atoms with van der Waals surface area (Å²) in [5.41, 5.74) is 1.70. The fourth-order valence-corrected chi connectivity index (χ4v) is 6.70. The van der Waals surface area contributed by atoms with Crippen molar-refractivity contribution in [1.82, 2.24) is 24.9 Å². The maximum absolute atomic E-state index is 13.8. The van der Waals surface area contributed by atoms with Crippen LogP contribution in [0, 0.1) is 6.92 Å². The number of carbonyl (C=O) groups is 2. The van der Waals surface area contributed by atoms with Crippen molar-refractivity contribution in [3.05, 3.63) is 47.8 Å². The van der Waals surface area contributed by atoms with Crippen LogP contribution in [0.5, 0.6) is 0 Å². The quantitative estimate of drug-likeness (QED) is 0.468. The largest absolute Gasteiger partial charge is 0.390 e. The highest BCUT2D eigenvalue weighted by molar-refractivity contribution is 6.00. The summed E-state index contributed by atoms with van der Waals surface area (Å²) in [6.45, 7) is 7.07. The van der Waals surface area contributed by atoms with Crippen LogP contribution in [0.1, 0.15) is 82.4 Å². The van der Waals surface area contributed by atoms with Gasteiger partial charge in [0.15, 0.2) is 0 Å². The topological polar surface area (TPSA) is 90.7 Å². The number of benzene rings is 1. The highest BCUT2D eigenvalue weighted by Crippen LogP contribution is 2.37. The van der Waals surface area contributed by atoms with Gasteiger partial charge in [-0.2, -0.15) is 5.10 Å². The molecule has 0 unspecified atom stereocenters. The molecule has 5 rings (SSSR count). The third-order valence-corrected chi connectivity index (χ3v) is 9.10. The zero-order chi connectivity index (χ0) is 26.8. The fraction of sp³-hybridized carbons (Fsp3) is 0.633. The van der Waals surface area contributed by atoms with Crippen LogP contribution in [0.3, 0.4) is 0 Å². The van der Waals surface area contributed by atoms with E-state index in [1.54, 1.807) is 0 Å². The molecule has 0 bridgehead atoms. The van der Waals surface area contributed by atoms with Crippen LogP contribution in [-0.2, 0) is 16.1 Å². The Labute approximate surface area is 250 Å². The molecule has 2 saturated heterocycles. The molecule has 1 spiro atoms. The Morgan fingerprint density at radius 2 is 1.70 bits per heavy atom. The lowest BCUT2D eigenvalue weighted by Crippen LogP contribution is -2.73. The summed E-state index contributed by atoms with van der Waals surface area (Å²) in [5.74, 6) is -0.0455. The van der Waals surface area contributed by atoms with Crippen LogP contribution in [-0.4, -0.2) is 73.3 Å². The Morgan fingerprint density at radius 3 is 2.35 bits per heavy atom. The van der Waals surface area contributed by atoms with Crippen molar-refractivity contribution in [1.29, 1.82) is 0 Å². The number of aliphatic hydroxyl groups is 1. The van der Waals surface area contributed by atoms with Crippen LogP contribution >= 0.6 is 24.8 Å². The molecule has 2 aromatic rings. The van der Waals surface area contributed by atoms with Gasteiger partial charge in [0.05, 0.1) is 17.5 Å². The number of hydrogen-bond acceptors (Lipinski definition) is 5. The van der Waals surface area contributed by atoms with Crippen LogP contribution in [0.4, 0.5) is 0 Å². The molecule has 2 N–H and O–H groups in total. The van der Waals surface area contributed by atoms with Crippen LogP contribution < -0.4 is 5.32 Å². The van der Waals surface area contributed by atoms with E-state index in [0.29, 0.717) is 38.6 Å². The Balaban J connectivity index is 0.00000220. The van der Waals surface area contributed by atoms with E-state index < -0.39 is 17.2 Å². The summed E-state index contributed by atoms with van der Waals surface area (Å²) >= 11 is 0. The molecule has 10 heteroatoms. The van der Waals surface area contributed by atoms with Crippen molar-refractivity contribution in [3.8, 4) is 5.69 Å². The molecule has 1 atom stereocenters. The van der Waals surface area contributed by atoms with E-state index in [4.69, 9.17) is 0 Å². The third-order valence-electron chi connectivity index (χ3n) is 9.10. The SMILES string of the molecule is CCCCN1C(=O)[C@@H](CC2(O)CCCCC2)NC(=O)C12CCN(Cc1cnn(-c3ccccc3)c1C)CC2.Cl.Cl. The van der Waals surface area contributed by atoms with Gasteiger partial charge in [-0.3, -0.25) is 14.5 Å². The number of hydrogen-bond donors (Lipinski definition) is 2. The number of rotatable bonds is 8. The summed E-state index contributed by atoms with van der Waals surface area (Å²) < 4.78 is 1.97. The monoisotopic (exact) mass is 593 g/mol. The number of amides is 2. The first-order valence-electron chi connectivity index (χ1n) is 14.5. The molecule has 40 heavy (non-hydrogen) atoms. The van der Waals surface area contributed by atoms with Crippen LogP contribution in [0.2, 0.25) is 0 Å². The summed E-state index contributed by atoms with van der Waals surface area (Å²) in [4.78, 5) is 31.8. The number of likely N-dealkylation sites (tertiary alicyclic amines) is 1. The lowest BCUT2D eigenvalue weighted by molar-refractivity contribution is -0.163. The molecule has 1 aromatic carbocycles. The van der Waals surface area contributed by atoms with Crippen molar-refractivity contribution in [2.45, 2.75) is 102 Å². The van der Waals surface area contributed by atoms with Crippen molar-refractivity contribution >= 4 is 36.6 Å². The first kappa shape index (κ1) is 32.4. The average molecular weight is 595 g/mol. The summed E-state index contributed by atoms with van der Waals surface area (Å²) in [6, 6.07) is 9.51. The van der Waals surface area contributed by atoms with Gasteiger partial charge in [0.2, 0.25) is 11.8 Å². The van der Waals surface area contributed by atoms with E-state index >= 15 is 0 Å². The smallest absolute Gasteiger partial charge is 0.246 e. The van der Waals surface area contributed by atoms with Crippen LogP contribution in [0.15, 0.2) is 36.5 Å². The van der Waals surface area contributed by atoms with Gasteiger partial charge < -0.3 is 15.3 Å². The predicted molar refractivity (Wildman–Crippen MR) is 161 cm³/mol. The maximum atomic E-state index is 13.8. The number of piperidine rings is 1. The first-order chi connectivity index (χ1) is 18.3. The highest BCUT2D eigenvalue weighted by Gasteiger charge is 2.54. The number of para-hydroxylation sites is 1. The summed E-state index contributed by atoms with van der Waals surface area (Å²) in [7, 11) is 0. The molecule has 3 aliphatic rings. The lowest BCUT2D eigenvalue weighted by atomic mass is 9.77. The summed E-state index contributed by atoms with van der Waals surface area (Å²) in [5, 5.41) is 18.8. The average Bonchev–Trinajstić information content (AvgIpc) is 3.29. The molecule has 8 nitrogen and oxygen atoms in total. The van der Waals surface area contributed by atoms with Gasteiger partial charge in [-0.1, -0.05) is 50.8 Å². The van der Waals surface area contributed by atoms with Gasteiger partial charge in [-0.25, -0.2) is 4.68 Å². The number of piperazine rings is 1. The molecule has 0 radical (unpaired) electrons. The Kier molecular flexibility index (Phi) is 11.1. The number of aromatic nitrogens is 2. The van der Waals surface area contributed by atoms with Crippen molar-refractivity contribution in [2.75, 3.05) is 19.6 Å². The molecule has 1 aliphatic carbocycles. The Bertz CT molecular complexity index is 1130. The molecular formula is C30H45Cl2N5O3. The predicted octanol–water partition coefficient (Wildman–Crippen LogP) is 4.57. The Hall–Kier alpha value is -2.13. The molecule has 2 aliphatic heterocycles. The number of nitrogens with zero attached hydrogens (tertiary/aromatic N) is 4. The standard InChI is InChI=1S/C30H43N5O3.2ClH/c1-3-4-17-34-27(36)26(20-29(38)13-9-6-10-14-29)32-28(37)30(34)15-18-33(19-16-30)22-24-21-31-35(23(24)2)25-11-7-5-8-12-25;;/h5,7-8,11-12,21,26,38H,3-4,6,9-10,13-20,22H2,1-2H3,(H,32,37);2*1H/t26-;;/m1../s1. The van der Waals surface area contributed by atoms with Crippen molar-refractivity contribution in [3.63, 3.8) is 0 Å². The van der Waals surface area contributed by atoms with Gasteiger partial charge in [-0.05, 0) is 51.2 Å². The zero-order valence-electron chi connectivity index (χ0n) is 23.8. The molecule has 3 fully saturated rings. The fourth-order valence-electron chi connectivity index (χ4n) is 6.70. The van der Waals surface area contributed by atoms with Crippen molar-refractivity contribution < 1.29 is 14.7 Å². The van der Waals surface area contributed by atoms with E-state index in [2.05, 4.69) is 41.3 Å².